The number of nitrogens with zero attached hydrogens (tertiary/aromatic N) is 4. The molecule has 1 aromatic carbocycles. The minimum Gasteiger partial charge on any atom is -0.347 e. The first-order valence-electron chi connectivity index (χ1n) is 13.5. The van der Waals surface area contributed by atoms with E-state index < -0.39 is 0 Å². The van der Waals surface area contributed by atoms with E-state index in [2.05, 4.69) is 47.5 Å². The van der Waals surface area contributed by atoms with Gasteiger partial charge >= 0.3 is 0 Å². The van der Waals surface area contributed by atoms with Crippen LogP contribution in [-0.2, 0) is 17.9 Å². The predicted molar refractivity (Wildman–Crippen MR) is 147 cm³/mol. The molecule has 7 nitrogen and oxygen atoms in total. The molecule has 0 fully saturated rings. The summed E-state index contributed by atoms with van der Waals surface area (Å²) < 4.78 is 4.06. The number of carbonyl (C=O) groups is 2. The van der Waals surface area contributed by atoms with Crippen molar-refractivity contribution in [2.45, 2.75) is 92.2 Å². The molecule has 0 saturated heterocycles. The van der Waals surface area contributed by atoms with E-state index in [1.54, 1.807) is 6.92 Å². The van der Waals surface area contributed by atoms with Crippen LogP contribution in [0, 0.1) is 5.92 Å². The molecule has 0 unspecified atom stereocenters. The van der Waals surface area contributed by atoms with Gasteiger partial charge in [0, 0.05) is 31.3 Å². The highest BCUT2D eigenvalue weighted by Crippen LogP contribution is 2.27. The Morgan fingerprint density at radius 3 is 2.47 bits per heavy atom. The van der Waals surface area contributed by atoms with Crippen molar-refractivity contribution in [1.29, 1.82) is 0 Å². The Hall–Kier alpha value is -2.32. The summed E-state index contributed by atoms with van der Waals surface area (Å²) in [5.41, 5.74) is 3.54. The molecule has 8 heteroatoms. The zero-order valence-electron chi connectivity index (χ0n) is 22.7. The van der Waals surface area contributed by atoms with Crippen LogP contribution in [0.15, 0.2) is 18.2 Å². The van der Waals surface area contributed by atoms with Gasteiger partial charge in [-0.15, -0.1) is 5.10 Å². The first-order chi connectivity index (χ1) is 17.3. The van der Waals surface area contributed by atoms with Gasteiger partial charge in [0.2, 0.25) is 5.91 Å². The van der Waals surface area contributed by atoms with E-state index in [-0.39, 0.29) is 17.7 Å². The topological polar surface area (TPSA) is 78.4 Å². The van der Waals surface area contributed by atoms with Crippen molar-refractivity contribution < 1.29 is 9.59 Å². The molecule has 1 aromatic heterocycles. The summed E-state index contributed by atoms with van der Waals surface area (Å²) in [5, 5.41) is 7.27. The normalized spacial score (nSPS) is 15.9. The van der Waals surface area contributed by atoms with Crippen molar-refractivity contribution in [2.24, 2.45) is 5.92 Å². The third-order valence-corrected chi connectivity index (χ3v) is 7.56. The van der Waals surface area contributed by atoms with Crippen LogP contribution in [0.3, 0.4) is 0 Å². The minimum absolute atomic E-state index is 0.0538. The summed E-state index contributed by atoms with van der Waals surface area (Å²) >= 11 is 1.34. The molecule has 1 N–H and O–H groups in total. The lowest BCUT2D eigenvalue weighted by atomic mass is 10.0. The lowest BCUT2D eigenvalue weighted by Crippen LogP contribution is -2.33. The van der Waals surface area contributed by atoms with Crippen LogP contribution >= 0.6 is 11.5 Å². The second-order valence-corrected chi connectivity index (χ2v) is 11.5. The van der Waals surface area contributed by atoms with Crippen LogP contribution in [0.2, 0.25) is 0 Å². The fourth-order valence-corrected chi connectivity index (χ4v) is 5.42. The lowest BCUT2D eigenvalue weighted by molar-refractivity contribution is -0.116. The first kappa shape index (κ1) is 28.3. The molecule has 0 spiro atoms. The fourth-order valence-electron chi connectivity index (χ4n) is 4.69. The van der Waals surface area contributed by atoms with Gasteiger partial charge in [-0.2, -0.15) is 0 Å². The zero-order chi connectivity index (χ0) is 26.1. The van der Waals surface area contributed by atoms with E-state index in [4.69, 9.17) is 0 Å². The van der Waals surface area contributed by atoms with Gasteiger partial charge in [-0.25, -0.2) is 0 Å². The number of amides is 2. The van der Waals surface area contributed by atoms with E-state index in [0.717, 1.165) is 67.3 Å². The highest BCUT2D eigenvalue weighted by atomic mass is 32.1. The van der Waals surface area contributed by atoms with E-state index in [9.17, 15) is 9.59 Å². The van der Waals surface area contributed by atoms with Gasteiger partial charge in [0.05, 0.1) is 17.1 Å². The van der Waals surface area contributed by atoms with Crippen LogP contribution in [0.4, 0.5) is 5.69 Å². The fraction of sp³-hybridized carbons (Fsp3) is 0.643. The molecule has 0 aliphatic carbocycles. The molecule has 0 radical (unpaired) electrons. The number of anilines is 1. The van der Waals surface area contributed by atoms with Crippen LogP contribution in [0.1, 0.15) is 106 Å². The van der Waals surface area contributed by atoms with Crippen molar-refractivity contribution in [3.8, 4) is 0 Å². The highest BCUT2D eigenvalue weighted by molar-refractivity contribution is 7.05. The number of fused-ring (bicyclic) bond motifs is 1. The molecule has 0 bridgehead atoms. The summed E-state index contributed by atoms with van der Waals surface area (Å²) in [6.45, 7) is 14.3. The standard InChI is InChI=1S/C28H43N5O2S/c1-20(2)13-16-32-14-9-7-6-8-10-15-33(22(5)34)25-12-11-23(17-24(25)19-32)28(35)29-18-26-27(21(3)4)30-31-36-26/h11-12,17,20-21H,6-10,13-16,18-19H2,1-5H3,(H,29,35). The largest absolute Gasteiger partial charge is 0.347 e. The summed E-state index contributed by atoms with van der Waals surface area (Å²) in [5.74, 6) is 0.838. The predicted octanol–water partition coefficient (Wildman–Crippen LogP) is 5.76. The van der Waals surface area contributed by atoms with Crippen molar-refractivity contribution in [3.05, 3.63) is 39.9 Å². The summed E-state index contributed by atoms with van der Waals surface area (Å²) in [4.78, 5) is 31.2. The average molecular weight is 514 g/mol. The molecule has 2 amide bonds. The first-order valence-corrected chi connectivity index (χ1v) is 14.3. The number of hydrogen-bond donors (Lipinski definition) is 1. The molecule has 1 aliphatic rings. The quantitative estimate of drug-likeness (QED) is 0.509. The number of hydrogen-bond acceptors (Lipinski definition) is 6. The third kappa shape index (κ3) is 8.10. The molecule has 198 valence electrons. The molecular formula is C28H43N5O2S. The molecule has 3 rings (SSSR count). The summed E-state index contributed by atoms with van der Waals surface area (Å²) in [6, 6.07) is 5.80. The monoisotopic (exact) mass is 513 g/mol. The maximum atomic E-state index is 13.2. The number of rotatable bonds is 7. The van der Waals surface area contributed by atoms with Crippen LogP contribution in [0.5, 0.6) is 0 Å². The van der Waals surface area contributed by atoms with Gasteiger partial charge in [0.1, 0.15) is 0 Å². The van der Waals surface area contributed by atoms with Crippen molar-refractivity contribution >= 4 is 29.0 Å². The lowest BCUT2D eigenvalue weighted by Gasteiger charge is -2.29. The van der Waals surface area contributed by atoms with E-state index >= 15 is 0 Å². The Kier molecular flexibility index (Phi) is 10.9. The van der Waals surface area contributed by atoms with Crippen LogP contribution in [-0.4, -0.2) is 45.9 Å². The van der Waals surface area contributed by atoms with E-state index in [1.165, 1.54) is 30.8 Å². The van der Waals surface area contributed by atoms with Gasteiger partial charge in [0.25, 0.3) is 5.91 Å². The van der Waals surface area contributed by atoms with Gasteiger partial charge in [-0.1, -0.05) is 51.4 Å². The number of nitrogens with one attached hydrogen (secondary N) is 1. The van der Waals surface area contributed by atoms with Crippen molar-refractivity contribution in [1.82, 2.24) is 19.8 Å². The number of carbonyl (C=O) groups excluding carboxylic acids is 2. The van der Waals surface area contributed by atoms with E-state index in [1.807, 2.05) is 23.1 Å². The second-order valence-electron chi connectivity index (χ2n) is 10.7. The Bertz CT molecular complexity index is 1000. The maximum absolute atomic E-state index is 13.2. The molecule has 2 aromatic rings. The molecule has 2 heterocycles. The second kappa shape index (κ2) is 13.8. The number of aromatic nitrogens is 2. The number of benzene rings is 1. The summed E-state index contributed by atoms with van der Waals surface area (Å²) in [7, 11) is 0. The Balaban J connectivity index is 1.87. The smallest absolute Gasteiger partial charge is 0.251 e. The van der Waals surface area contributed by atoms with Gasteiger partial charge in [0.15, 0.2) is 0 Å². The van der Waals surface area contributed by atoms with Gasteiger partial charge in [-0.05, 0) is 79.5 Å². The molecular weight excluding hydrogens is 470 g/mol. The summed E-state index contributed by atoms with van der Waals surface area (Å²) in [6.07, 6.45) is 6.88. The van der Waals surface area contributed by atoms with Gasteiger partial charge in [-0.3, -0.25) is 14.5 Å². The SMILES string of the molecule is CC(=O)N1CCCCCCCN(CCC(C)C)Cc2cc(C(=O)NCc3snnc3C(C)C)ccc21. The van der Waals surface area contributed by atoms with Crippen molar-refractivity contribution in [3.63, 3.8) is 0 Å². The third-order valence-electron chi connectivity index (χ3n) is 6.83. The van der Waals surface area contributed by atoms with Crippen molar-refractivity contribution in [2.75, 3.05) is 24.5 Å². The Morgan fingerprint density at radius 2 is 1.78 bits per heavy atom. The Labute approximate surface area is 220 Å². The average Bonchev–Trinajstić information content (AvgIpc) is 3.30. The molecule has 0 saturated carbocycles. The molecule has 36 heavy (non-hydrogen) atoms. The zero-order valence-corrected chi connectivity index (χ0v) is 23.5. The molecule has 0 atom stereocenters. The highest BCUT2D eigenvalue weighted by Gasteiger charge is 2.21. The van der Waals surface area contributed by atoms with E-state index in [0.29, 0.717) is 18.0 Å². The Morgan fingerprint density at radius 1 is 1.06 bits per heavy atom. The molecule has 1 aliphatic heterocycles. The van der Waals surface area contributed by atoms with Gasteiger partial charge < -0.3 is 10.2 Å². The minimum atomic E-state index is -0.116. The van der Waals surface area contributed by atoms with Crippen LogP contribution in [0.25, 0.3) is 0 Å². The maximum Gasteiger partial charge on any atom is 0.251 e. The van der Waals surface area contributed by atoms with Crippen LogP contribution < -0.4 is 10.2 Å².